The van der Waals surface area contributed by atoms with Gasteiger partial charge in [-0.05, 0) is 31.0 Å². The Morgan fingerprint density at radius 2 is 2.05 bits per heavy atom. The van der Waals surface area contributed by atoms with E-state index in [0.717, 1.165) is 30.8 Å². The van der Waals surface area contributed by atoms with Crippen LogP contribution >= 0.6 is 11.6 Å². The van der Waals surface area contributed by atoms with Crippen LogP contribution in [-0.4, -0.2) is 25.7 Å². The number of aryl methyl sites for hydroxylation is 1. The van der Waals surface area contributed by atoms with Gasteiger partial charge in [0.15, 0.2) is 0 Å². The van der Waals surface area contributed by atoms with Crippen molar-refractivity contribution in [3.63, 3.8) is 0 Å². The second kappa shape index (κ2) is 10.6. The van der Waals surface area contributed by atoms with Crippen LogP contribution in [0.25, 0.3) is 0 Å². The molecule has 0 radical (unpaired) electrons. The van der Waals surface area contributed by atoms with Crippen molar-refractivity contribution in [1.82, 2.24) is 0 Å². The van der Waals surface area contributed by atoms with Gasteiger partial charge in [-0.3, -0.25) is 0 Å². The van der Waals surface area contributed by atoms with Gasteiger partial charge in [0.2, 0.25) is 0 Å². The maximum Gasteiger partial charge on any atom is 0.135 e. The van der Waals surface area contributed by atoms with E-state index < -0.39 is 0 Å². The molecule has 0 fully saturated rings. The molecule has 1 aromatic rings. The summed E-state index contributed by atoms with van der Waals surface area (Å²) in [5.41, 5.74) is 2.09. The molecule has 1 rings (SSSR count). The molecule has 0 aliphatic heterocycles. The van der Waals surface area contributed by atoms with E-state index in [1.807, 2.05) is 25.1 Å². The van der Waals surface area contributed by atoms with Crippen molar-refractivity contribution in [2.75, 3.05) is 25.7 Å². The number of benzene rings is 1. The zero-order valence-corrected chi connectivity index (χ0v) is 13.1. The maximum absolute atomic E-state index is 5.74. The molecule has 0 aliphatic carbocycles. The second-order valence-electron chi connectivity index (χ2n) is 4.55. The van der Waals surface area contributed by atoms with Crippen LogP contribution in [0.4, 0.5) is 0 Å². The zero-order chi connectivity index (χ0) is 14.6. The summed E-state index contributed by atoms with van der Waals surface area (Å²) in [6.07, 6.45) is 2.94. The van der Waals surface area contributed by atoms with Crippen LogP contribution in [-0.2, 0) is 4.74 Å². The van der Waals surface area contributed by atoms with Crippen molar-refractivity contribution in [2.24, 2.45) is 0 Å². The van der Waals surface area contributed by atoms with E-state index in [4.69, 9.17) is 21.1 Å². The van der Waals surface area contributed by atoms with Crippen LogP contribution in [0.1, 0.15) is 37.3 Å². The average molecular weight is 295 g/mol. The van der Waals surface area contributed by atoms with Gasteiger partial charge in [0.25, 0.3) is 0 Å². The topological polar surface area (TPSA) is 18.5 Å². The Balaban J connectivity index is 2.50. The minimum Gasteiger partial charge on any atom is -0.490 e. The molecule has 0 unspecified atom stereocenters. The third-order valence-corrected chi connectivity index (χ3v) is 2.89. The summed E-state index contributed by atoms with van der Waals surface area (Å²) in [6, 6.07) is 6.03. The van der Waals surface area contributed by atoms with Gasteiger partial charge in [-0.2, -0.15) is 0 Å². The summed E-state index contributed by atoms with van der Waals surface area (Å²) in [5, 5.41) is 0. The molecule has 1 aromatic carbocycles. The lowest BCUT2D eigenvalue weighted by molar-refractivity contribution is 0.0980. The quantitative estimate of drug-likeness (QED) is 0.407. The molecule has 0 amide bonds. The number of hydrogen-bond donors (Lipinski definition) is 0. The first-order chi connectivity index (χ1) is 9.77. The van der Waals surface area contributed by atoms with Gasteiger partial charge in [0.05, 0.1) is 12.2 Å². The van der Waals surface area contributed by atoms with Gasteiger partial charge in [-0.15, -0.1) is 11.6 Å². The van der Waals surface area contributed by atoms with Crippen molar-refractivity contribution >= 4 is 11.6 Å². The molecule has 0 atom stereocenters. The molecule has 0 aromatic heterocycles. The first kappa shape index (κ1) is 16.9. The molecule has 3 heteroatoms. The first-order valence-electron chi connectivity index (χ1n) is 7.14. The van der Waals surface area contributed by atoms with Gasteiger partial charge < -0.3 is 9.47 Å². The lowest BCUT2D eigenvalue weighted by atomic mass is 10.1. The molecule has 0 bridgehead atoms. The standard InChI is InChI=1S/C17H23ClO2/c1-3-4-11-19-12-13-20-17-9-8-15(2)14-16(17)7-5-6-10-18/h8-9,14H,3-4,6,10-13H2,1-2H3. The van der Waals surface area contributed by atoms with Gasteiger partial charge in [-0.1, -0.05) is 31.3 Å². The lowest BCUT2D eigenvalue weighted by Gasteiger charge is -2.09. The lowest BCUT2D eigenvalue weighted by Crippen LogP contribution is -2.08. The second-order valence-corrected chi connectivity index (χ2v) is 4.93. The number of rotatable bonds is 8. The molecule has 2 nitrogen and oxygen atoms in total. The van der Waals surface area contributed by atoms with Crippen molar-refractivity contribution in [3.8, 4) is 17.6 Å². The van der Waals surface area contributed by atoms with Crippen molar-refractivity contribution in [1.29, 1.82) is 0 Å². The number of ether oxygens (including phenoxy) is 2. The predicted octanol–water partition coefficient (Wildman–Crippen LogP) is 4.17. The summed E-state index contributed by atoms with van der Waals surface area (Å²) < 4.78 is 11.2. The van der Waals surface area contributed by atoms with Crippen LogP contribution in [0.5, 0.6) is 5.75 Å². The molecule has 0 spiro atoms. The minimum absolute atomic E-state index is 0.553. The number of halogens is 1. The van der Waals surface area contributed by atoms with E-state index >= 15 is 0 Å². The van der Waals surface area contributed by atoms with Gasteiger partial charge in [0, 0.05) is 18.9 Å². The Kier molecular flexibility index (Phi) is 8.95. The smallest absolute Gasteiger partial charge is 0.135 e. The fourth-order valence-electron chi connectivity index (χ4n) is 1.63. The Hall–Kier alpha value is -1.17. The minimum atomic E-state index is 0.553. The third-order valence-electron chi connectivity index (χ3n) is 2.71. The number of alkyl halides is 1. The summed E-state index contributed by atoms with van der Waals surface area (Å²) in [6.45, 7) is 6.16. The van der Waals surface area contributed by atoms with E-state index in [1.54, 1.807) is 0 Å². The number of hydrogen-bond acceptors (Lipinski definition) is 2. The van der Waals surface area contributed by atoms with Gasteiger partial charge in [-0.25, -0.2) is 0 Å². The Morgan fingerprint density at radius 3 is 2.80 bits per heavy atom. The van der Waals surface area contributed by atoms with Crippen molar-refractivity contribution in [2.45, 2.75) is 33.1 Å². The highest BCUT2D eigenvalue weighted by atomic mass is 35.5. The maximum atomic E-state index is 5.74. The van der Waals surface area contributed by atoms with Crippen LogP contribution in [0, 0.1) is 18.8 Å². The Labute approximate surface area is 127 Å². The van der Waals surface area contributed by atoms with E-state index in [0.29, 0.717) is 25.5 Å². The van der Waals surface area contributed by atoms with Crippen LogP contribution in [0.3, 0.4) is 0 Å². The molecule has 110 valence electrons. The molecular formula is C17H23ClO2. The third kappa shape index (κ3) is 6.84. The monoisotopic (exact) mass is 294 g/mol. The molecular weight excluding hydrogens is 272 g/mol. The largest absolute Gasteiger partial charge is 0.490 e. The van der Waals surface area contributed by atoms with E-state index in [9.17, 15) is 0 Å². The molecule has 20 heavy (non-hydrogen) atoms. The highest BCUT2D eigenvalue weighted by Crippen LogP contribution is 2.19. The summed E-state index contributed by atoms with van der Waals surface area (Å²) >= 11 is 5.63. The van der Waals surface area contributed by atoms with Crippen molar-refractivity contribution in [3.05, 3.63) is 29.3 Å². The molecule has 0 heterocycles. The predicted molar refractivity (Wildman–Crippen MR) is 84.6 cm³/mol. The Morgan fingerprint density at radius 1 is 1.20 bits per heavy atom. The average Bonchev–Trinajstić information content (AvgIpc) is 2.45. The molecule has 0 saturated carbocycles. The zero-order valence-electron chi connectivity index (χ0n) is 12.4. The van der Waals surface area contributed by atoms with Crippen LogP contribution < -0.4 is 4.74 Å². The fourth-order valence-corrected chi connectivity index (χ4v) is 1.73. The van der Waals surface area contributed by atoms with E-state index in [2.05, 4.69) is 18.8 Å². The highest BCUT2D eigenvalue weighted by Gasteiger charge is 2.01. The fraction of sp³-hybridized carbons (Fsp3) is 0.529. The first-order valence-corrected chi connectivity index (χ1v) is 7.67. The van der Waals surface area contributed by atoms with Crippen LogP contribution in [0.2, 0.25) is 0 Å². The normalized spacial score (nSPS) is 9.95. The molecule has 0 N–H and O–H groups in total. The van der Waals surface area contributed by atoms with Gasteiger partial charge >= 0.3 is 0 Å². The Bertz CT molecular complexity index is 446. The highest BCUT2D eigenvalue weighted by molar-refractivity contribution is 6.18. The summed E-state index contributed by atoms with van der Waals surface area (Å²) in [4.78, 5) is 0. The summed E-state index contributed by atoms with van der Waals surface area (Å²) in [5.74, 6) is 7.53. The SMILES string of the molecule is CCCCOCCOc1ccc(C)cc1C#CCCCl. The van der Waals surface area contributed by atoms with Gasteiger partial charge in [0.1, 0.15) is 12.4 Å². The van der Waals surface area contributed by atoms with E-state index in [1.165, 1.54) is 5.56 Å². The summed E-state index contributed by atoms with van der Waals surface area (Å²) in [7, 11) is 0. The van der Waals surface area contributed by atoms with Crippen molar-refractivity contribution < 1.29 is 9.47 Å². The molecule has 0 saturated heterocycles. The van der Waals surface area contributed by atoms with E-state index in [-0.39, 0.29) is 0 Å². The molecule has 0 aliphatic rings. The number of unbranched alkanes of at least 4 members (excludes halogenated alkanes) is 1. The van der Waals surface area contributed by atoms with Crippen LogP contribution in [0.15, 0.2) is 18.2 Å².